The van der Waals surface area contributed by atoms with Crippen molar-refractivity contribution in [3.63, 3.8) is 0 Å². The zero-order valence-corrected chi connectivity index (χ0v) is 8.50. The Balaban J connectivity index is 3.31. The molecule has 4 nitrogen and oxygen atoms in total. The monoisotopic (exact) mass is 285 g/mol. The van der Waals surface area contributed by atoms with Gasteiger partial charge in [0.2, 0.25) is 5.75 Å². The molecule has 15 heavy (non-hydrogen) atoms. The van der Waals surface area contributed by atoms with E-state index in [0.29, 0.717) is 0 Å². The lowest BCUT2D eigenvalue weighted by atomic mass is 10.3. The van der Waals surface area contributed by atoms with Crippen LogP contribution in [0.15, 0.2) is 16.6 Å². The van der Waals surface area contributed by atoms with Gasteiger partial charge in [-0.15, -0.1) is 0 Å². The van der Waals surface area contributed by atoms with Crippen LogP contribution in [0.5, 0.6) is 5.75 Å². The van der Waals surface area contributed by atoms with Gasteiger partial charge in [-0.25, -0.2) is 4.39 Å². The molecule has 0 heterocycles. The van der Waals surface area contributed by atoms with Gasteiger partial charge in [0.05, 0.1) is 9.40 Å². The molecule has 1 rings (SSSR count). The Hall–Kier alpha value is -1.31. The van der Waals surface area contributed by atoms with Gasteiger partial charge in [-0.3, -0.25) is 10.1 Å². The number of alkyl halides is 2. The van der Waals surface area contributed by atoms with Gasteiger partial charge in [0.25, 0.3) is 0 Å². The Morgan fingerprint density at radius 1 is 1.47 bits per heavy atom. The SMILES string of the molecule is O=[N+]([O-])c1c(Br)ccc(F)c1OC(F)F. The normalized spacial score (nSPS) is 10.5. The third-order valence-electron chi connectivity index (χ3n) is 1.42. The molecule has 0 spiro atoms. The van der Waals surface area contributed by atoms with Crippen LogP contribution in [0.1, 0.15) is 0 Å². The van der Waals surface area contributed by atoms with Crippen LogP contribution in [0, 0.1) is 15.9 Å². The van der Waals surface area contributed by atoms with E-state index in [1.54, 1.807) is 0 Å². The number of rotatable bonds is 3. The molecular formula is C7H3BrF3NO3. The molecule has 0 aliphatic rings. The van der Waals surface area contributed by atoms with Crippen LogP contribution in [0.2, 0.25) is 0 Å². The molecule has 0 atom stereocenters. The molecule has 0 radical (unpaired) electrons. The van der Waals surface area contributed by atoms with Gasteiger partial charge in [0.1, 0.15) is 0 Å². The van der Waals surface area contributed by atoms with Crippen molar-refractivity contribution >= 4 is 21.6 Å². The van der Waals surface area contributed by atoms with E-state index < -0.39 is 28.8 Å². The van der Waals surface area contributed by atoms with Crippen molar-refractivity contribution in [2.45, 2.75) is 6.61 Å². The van der Waals surface area contributed by atoms with Crippen LogP contribution in [-0.2, 0) is 0 Å². The fraction of sp³-hybridized carbons (Fsp3) is 0.143. The van der Waals surface area contributed by atoms with Gasteiger partial charge in [-0.1, -0.05) is 0 Å². The zero-order valence-electron chi connectivity index (χ0n) is 6.92. The lowest BCUT2D eigenvalue weighted by molar-refractivity contribution is -0.387. The predicted octanol–water partition coefficient (Wildman–Crippen LogP) is 3.10. The quantitative estimate of drug-likeness (QED) is 0.633. The first kappa shape index (κ1) is 11.8. The fourth-order valence-electron chi connectivity index (χ4n) is 0.894. The van der Waals surface area contributed by atoms with Gasteiger partial charge in [-0.2, -0.15) is 8.78 Å². The summed E-state index contributed by atoms with van der Waals surface area (Å²) in [4.78, 5) is 9.45. The minimum atomic E-state index is -3.33. The van der Waals surface area contributed by atoms with Gasteiger partial charge in [0.15, 0.2) is 5.82 Å². The summed E-state index contributed by atoms with van der Waals surface area (Å²) in [6, 6.07) is 1.82. The van der Waals surface area contributed by atoms with Gasteiger partial charge >= 0.3 is 12.3 Å². The largest absolute Gasteiger partial charge is 0.424 e. The number of halogens is 4. The highest BCUT2D eigenvalue weighted by Gasteiger charge is 2.26. The number of benzene rings is 1. The minimum absolute atomic E-state index is 0.135. The standard InChI is InChI=1S/C7H3BrF3NO3/c8-3-1-2-4(9)6(15-7(10)11)5(3)12(13)14/h1-2,7H. The van der Waals surface area contributed by atoms with E-state index in [2.05, 4.69) is 20.7 Å². The summed E-state index contributed by atoms with van der Waals surface area (Å²) in [6.07, 6.45) is 0. The van der Waals surface area contributed by atoms with Gasteiger partial charge in [-0.05, 0) is 28.1 Å². The molecule has 0 aliphatic heterocycles. The highest BCUT2D eigenvalue weighted by molar-refractivity contribution is 9.10. The van der Waals surface area contributed by atoms with E-state index in [9.17, 15) is 23.3 Å². The van der Waals surface area contributed by atoms with Gasteiger partial charge < -0.3 is 4.74 Å². The summed E-state index contributed by atoms with van der Waals surface area (Å²) in [5, 5.41) is 10.5. The molecule has 0 bridgehead atoms. The lowest BCUT2D eigenvalue weighted by Crippen LogP contribution is -2.06. The molecule has 1 aromatic rings. The van der Waals surface area contributed by atoms with Crippen LogP contribution in [0.4, 0.5) is 18.9 Å². The van der Waals surface area contributed by atoms with E-state index in [1.807, 2.05) is 0 Å². The van der Waals surface area contributed by atoms with E-state index in [-0.39, 0.29) is 4.47 Å². The molecule has 0 unspecified atom stereocenters. The summed E-state index contributed by atoms with van der Waals surface area (Å²) in [5.74, 6) is -2.30. The number of nitro groups is 1. The van der Waals surface area contributed by atoms with Crippen LogP contribution in [0.25, 0.3) is 0 Å². The lowest BCUT2D eigenvalue weighted by Gasteiger charge is -2.06. The first-order valence-corrected chi connectivity index (χ1v) is 4.30. The second-order valence-corrected chi connectivity index (χ2v) is 3.20. The van der Waals surface area contributed by atoms with Crippen LogP contribution in [-0.4, -0.2) is 11.5 Å². The maximum atomic E-state index is 13.0. The third kappa shape index (κ3) is 2.58. The van der Waals surface area contributed by atoms with Crippen molar-refractivity contribution < 1.29 is 22.8 Å². The Morgan fingerprint density at radius 3 is 2.53 bits per heavy atom. The number of hydrogen-bond donors (Lipinski definition) is 0. The van der Waals surface area contributed by atoms with Crippen molar-refractivity contribution in [2.75, 3.05) is 0 Å². The molecular weight excluding hydrogens is 283 g/mol. The maximum absolute atomic E-state index is 13.0. The highest BCUT2D eigenvalue weighted by atomic mass is 79.9. The topological polar surface area (TPSA) is 52.4 Å². The van der Waals surface area contributed by atoms with Crippen LogP contribution in [0.3, 0.4) is 0 Å². The summed E-state index contributed by atoms with van der Waals surface area (Å²) >= 11 is 2.74. The average molecular weight is 286 g/mol. The second-order valence-electron chi connectivity index (χ2n) is 2.34. The first-order chi connectivity index (χ1) is 6.93. The molecule has 0 fully saturated rings. The molecule has 0 saturated heterocycles. The Morgan fingerprint density at radius 2 is 2.07 bits per heavy atom. The van der Waals surface area contributed by atoms with Crippen molar-refractivity contribution in [1.82, 2.24) is 0 Å². The average Bonchev–Trinajstić information content (AvgIpc) is 2.10. The predicted molar refractivity (Wildman–Crippen MR) is 47.4 cm³/mol. The third-order valence-corrected chi connectivity index (χ3v) is 2.06. The highest BCUT2D eigenvalue weighted by Crippen LogP contribution is 2.37. The van der Waals surface area contributed by atoms with Crippen molar-refractivity contribution in [1.29, 1.82) is 0 Å². The number of hydrogen-bond acceptors (Lipinski definition) is 3. The maximum Gasteiger partial charge on any atom is 0.387 e. The molecule has 0 amide bonds. The van der Waals surface area contributed by atoms with E-state index in [0.717, 1.165) is 12.1 Å². The summed E-state index contributed by atoms with van der Waals surface area (Å²) < 4.78 is 40.3. The number of nitrogens with zero attached hydrogens (tertiary/aromatic N) is 1. The Bertz CT molecular complexity index is 399. The molecule has 0 aromatic heterocycles. The summed E-state index contributed by atoms with van der Waals surface area (Å²) in [7, 11) is 0. The Labute approximate surface area is 89.9 Å². The number of ether oxygens (including phenoxy) is 1. The van der Waals surface area contributed by atoms with E-state index >= 15 is 0 Å². The van der Waals surface area contributed by atoms with Gasteiger partial charge in [0, 0.05) is 0 Å². The fourth-order valence-corrected chi connectivity index (χ4v) is 1.35. The minimum Gasteiger partial charge on any atom is -0.424 e. The smallest absolute Gasteiger partial charge is 0.387 e. The number of nitro benzene ring substituents is 1. The van der Waals surface area contributed by atoms with E-state index in [4.69, 9.17) is 0 Å². The summed E-state index contributed by atoms with van der Waals surface area (Å²) in [5.41, 5.74) is -0.865. The molecule has 82 valence electrons. The van der Waals surface area contributed by atoms with Crippen LogP contribution < -0.4 is 4.74 Å². The zero-order chi connectivity index (χ0) is 11.6. The van der Waals surface area contributed by atoms with E-state index in [1.165, 1.54) is 0 Å². The second kappa shape index (κ2) is 4.47. The van der Waals surface area contributed by atoms with Crippen molar-refractivity contribution in [3.8, 4) is 5.75 Å². The summed E-state index contributed by atoms with van der Waals surface area (Å²) in [6.45, 7) is -3.33. The van der Waals surface area contributed by atoms with Crippen LogP contribution >= 0.6 is 15.9 Å². The van der Waals surface area contributed by atoms with Crippen molar-refractivity contribution in [3.05, 3.63) is 32.5 Å². The molecule has 0 saturated carbocycles. The first-order valence-electron chi connectivity index (χ1n) is 3.50. The molecule has 8 heteroatoms. The molecule has 0 N–H and O–H groups in total. The molecule has 0 aliphatic carbocycles. The molecule has 1 aromatic carbocycles. The Kier molecular flexibility index (Phi) is 3.51. The van der Waals surface area contributed by atoms with Crippen molar-refractivity contribution in [2.24, 2.45) is 0 Å².